The summed E-state index contributed by atoms with van der Waals surface area (Å²) in [4.78, 5) is 2.58. The number of piperazine rings is 1. The third-order valence-electron chi connectivity index (χ3n) is 5.74. The topological polar surface area (TPSA) is 24.9 Å². The van der Waals surface area contributed by atoms with Gasteiger partial charge in [0.05, 0.1) is 0 Å². The zero-order valence-corrected chi connectivity index (χ0v) is 17.5. The summed E-state index contributed by atoms with van der Waals surface area (Å²) in [5.74, 6) is 0. The molecule has 1 saturated heterocycles. The maximum atomic E-state index is 5.58. The van der Waals surface area contributed by atoms with Gasteiger partial charge in [0, 0.05) is 53.0 Å². The average Bonchev–Trinajstić information content (AvgIpc) is 2.44. The molecule has 1 heterocycles. The van der Waals surface area contributed by atoms with Crippen LogP contribution in [-0.2, 0) is 8.85 Å². The van der Waals surface area contributed by atoms with E-state index in [9.17, 15) is 0 Å². The molecule has 0 radical (unpaired) electrons. The van der Waals surface area contributed by atoms with Gasteiger partial charge in [0.1, 0.15) is 8.24 Å². The average molecular weight is 333 g/mol. The van der Waals surface area contributed by atoms with Gasteiger partial charge in [-0.3, -0.25) is 0 Å². The van der Waals surface area contributed by atoms with Crippen molar-refractivity contribution in [2.75, 3.05) is 46.9 Å². The molecule has 0 aromatic carbocycles. The van der Waals surface area contributed by atoms with Crippen LogP contribution in [0.15, 0.2) is 0 Å². The molecule has 0 amide bonds. The standard InChI is InChI=1S/C15H36N2O2Si2/c1-15(2,3)20(6,7)17-11-9-16(10-12-17)13-14-21(8,18-4)19-5/h9-14H2,1-8H3. The Labute approximate surface area is 134 Å². The summed E-state index contributed by atoms with van der Waals surface area (Å²) < 4.78 is 14.0. The minimum absolute atomic E-state index is 0.437. The van der Waals surface area contributed by atoms with Gasteiger partial charge in [-0.15, -0.1) is 0 Å². The maximum absolute atomic E-state index is 5.58. The second-order valence-electron chi connectivity index (χ2n) is 7.93. The highest BCUT2D eigenvalue weighted by Gasteiger charge is 2.42. The molecule has 0 aliphatic carbocycles. The van der Waals surface area contributed by atoms with Crippen LogP contribution in [0.4, 0.5) is 0 Å². The summed E-state index contributed by atoms with van der Waals surface area (Å²) in [6.07, 6.45) is 0. The first kappa shape index (κ1) is 19.3. The van der Waals surface area contributed by atoms with E-state index >= 15 is 0 Å². The summed E-state index contributed by atoms with van der Waals surface area (Å²) in [6, 6.07) is 1.06. The van der Waals surface area contributed by atoms with Crippen LogP contribution < -0.4 is 0 Å². The molecule has 1 rings (SSSR count). The third-order valence-corrected chi connectivity index (χ3v) is 14.3. The monoisotopic (exact) mass is 332 g/mol. The van der Waals surface area contributed by atoms with Crippen molar-refractivity contribution in [3.63, 3.8) is 0 Å². The minimum atomic E-state index is -1.91. The van der Waals surface area contributed by atoms with E-state index in [1.54, 1.807) is 14.2 Å². The van der Waals surface area contributed by atoms with E-state index in [4.69, 9.17) is 8.85 Å². The van der Waals surface area contributed by atoms with Gasteiger partial charge in [0.2, 0.25) is 0 Å². The first-order chi connectivity index (χ1) is 9.55. The van der Waals surface area contributed by atoms with Crippen molar-refractivity contribution in [3.05, 3.63) is 0 Å². The lowest BCUT2D eigenvalue weighted by molar-refractivity contribution is 0.177. The highest BCUT2D eigenvalue weighted by molar-refractivity contribution is 6.77. The van der Waals surface area contributed by atoms with Crippen LogP contribution in [0, 0.1) is 0 Å². The molecule has 0 bridgehead atoms. The van der Waals surface area contributed by atoms with Crippen LogP contribution >= 0.6 is 0 Å². The highest BCUT2D eigenvalue weighted by Crippen LogP contribution is 2.38. The molecule has 1 aliphatic rings. The molecule has 21 heavy (non-hydrogen) atoms. The lowest BCUT2D eigenvalue weighted by atomic mass is 10.2. The Morgan fingerprint density at radius 3 is 1.76 bits per heavy atom. The van der Waals surface area contributed by atoms with Crippen LogP contribution in [0.25, 0.3) is 0 Å². The lowest BCUT2D eigenvalue weighted by Crippen LogP contribution is -2.61. The number of rotatable bonds is 6. The Kier molecular flexibility index (Phi) is 6.65. The van der Waals surface area contributed by atoms with Gasteiger partial charge in [-0.05, 0) is 11.6 Å². The van der Waals surface area contributed by atoms with E-state index in [2.05, 4.69) is 49.9 Å². The van der Waals surface area contributed by atoms with Crippen LogP contribution in [0.2, 0.25) is 30.7 Å². The second kappa shape index (κ2) is 7.23. The summed E-state index contributed by atoms with van der Waals surface area (Å²) in [7, 11) is 0.313. The van der Waals surface area contributed by atoms with Crippen LogP contribution in [0.1, 0.15) is 20.8 Å². The van der Waals surface area contributed by atoms with Gasteiger partial charge >= 0.3 is 8.56 Å². The third kappa shape index (κ3) is 4.87. The van der Waals surface area contributed by atoms with E-state index < -0.39 is 16.8 Å². The van der Waals surface area contributed by atoms with E-state index in [-0.39, 0.29) is 0 Å². The smallest absolute Gasteiger partial charge is 0.335 e. The van der Waals surface area contributed by atoms with E-state index in [0.29, 0.717) is 5.04 Å². The van der Waals surface area contributed by atoms with Gasteiger partial charge in [-0.25, -0.2) is 0 Å². The maximum Gasteiger partial charge on any atom is 0.335 e. The zero-order chi connectivity index (χ0) is 16.3. The van der Waals surface area contributed by atoms with Crippen molar-refractivity contribution in [2.24, 2.45) is 0 Å². The molecular weight excluding hydrogens is 296 g/mol. The number of hydrogen-bond acceptors (Lipinski definition) is 4. The Bertz CT molecular complexity index is 320. The molecule has 0 aromatic rings. The van der Waals surface area contributed by atoms with E-state index in [1.165, 1.54) is 26.2 Å². The molecule has 1 fully saturated rings. The SMILES string of the molecule is CO[Si](C)(CCN1CCN([Si](C)(C)C(C)(C)C)CC1)OC. The number of nitrogens with zero attached hydrogens (tertiary/aromatic N) is 2. The molecule has 0 saturated carbocycles. The van der Waals surface area contributed by atoms with Crippen molar-refractivity contribution < 1.29 is 8.85 Å². The Morgan fingerprint density at radius 2 is 1.38 bits per heavy atom. The van der Waals surface area contributed by atoms with Crippen LogP contribution in [-0.4, -0.2) is 73.2 Å². The summed E-state index contributed by atoms with van der Waals surface area (Å²) in [6.45, 7) is 20.3. The zero-order valence-electron chi connectivity index (χ0n) is 15.5. The van der Waals surface area contributed by atoms with E-state index in [1.807, 2.05) is 0 Å². The normalized spacial score (nSPS) is 20.0. The summed E-state index contributed by atoms with van der Waals surface area (Å²) in [5, 5.41) is 0.437. The molecule has 0 unspecified atom stereocenters. The van der Waals surface area contributed by atoms with E-state index in [0.717, 1.165) is 12.6 Å². The van der Waals surface area contributed by atoms with Crippen molar-refractivity contribution in [1.29, 1.82) is 0 Å². The van der Waals surface area contributed by atoms with Gasteiger partial charge in [0.15, 0.2) is 0 Å². The van der Waals surface area contributed by atoms with Gasteiger partial charge in [-0.2, -0.15) is 0 Å². The predicted molar refractivity (Wildman–Crippen MR) is 95.7 cm³/mol. The second-order valence-corrected chi connectivity index (χ2v) is 16.8. The fourth-order valence-corrected chi connectivity index (χ4v) is 6.22. The molecule has 126 valence electrons. The highest BCUT2D eigenvalue weighted by atomic mass is 28.4. The van der Waals surface area contributed by atoms with Crippen molar-refractivity contribution in [1.82, 2.24) is 9.47 Å². The molecule has 0 spiro atoms. The van der Waals surface area contributed by atoms with Crippen molar-refractivity contribution in [3.8, 4) is 0 Å². The Hall–Kier alpha value is 0.274. The first-order valence-corrected chi connectivity index (χ1v) is 13.6. The van der Waals surface area contributed by atoms with Gasteiger partial charge < -0.3 is 18.3 Å². The molecule has 0 aromatic heterocycles. The van der Waals surface area contributed by atoms with Crippen molar-refractivity contribution >= 4 is 16.8 Å². The summed E-state index contributed by atoms with van der Waals surface area (Å²) >= 11 is 0. The van der Waals surface area contributed by atoms with Gasteiger partial charge in [0.25, 0.3) is 0 Å². The largest absolute Gasteiger partial charge is 0.398 e. The quantitative estimate of drug-likeness (QED) is 0.698. The predicted octanol–water partition coefficient (Wildman–Crippen LogP) is 2.97. The summed E-state index contributed by atoms with van der Waals surface area (Å²) in [5.41, 5.74) is 0. The van der Waals surface area contributed by atoms with Crippen LogP contribution in [0.3, 0.4) is 0 Å². The molecule has 6 heteroatoms. The fourth-order valence-electron chi connectivity index (χ4n) is 2.65. The molecular formula is C15H36N2O2Si2. The molecule has 0 N–H and O–H groups in total. The van der Waals surface area contributed by atoms with Crippen molar-refractivity contribution in [2.45, 2.75) is 51.5 Å². The molecule has 1 aliphatic heterocycles. The van der Waals surface area contributed by atoms with Gasteiger partial charge in [-0.1, -0.05) is 33.9 Å². The fraction of sp³-hybridized carbons (Fsp3) is 1.00. The Morgan fingerprint density at radius 1 is 0.905 bits per heavy atom. The Balaban J connectivity index is 2.46. The molecule has 4 nitrogen and oxygen atoms in total. The lowest BCUT2D eigenvalue weighted by Gasteiger charge is -2.49. The minimum Gasteiger partial charge on any atom is -0.398 e. The van der Waals surface area contributed by atoms with Crippen LogP contribution in [0.5, 0.6) is 0 Å². The first-order valence-electron chi connectivity index (χ1n) is 8.13. The number of hydrogen-bond donors (Lipinski definition) is 0. The molecule has 0 atom stereocenters.